The van der Waals surface area contributed by atoms with Crippen molar-refractivity contribution in [1.29, 1.82) is 0 Å². The highest BCUT2D eigenvalue weighted by Crippen LogP contribution is 2.13. The van der Waals surface area contributed by atoms with Crippen LogP contribution in [-0.4, -0.2) is 27.4 Å². The second-order valence-corrected chi connectivity index (χ2v) is 4.22. The third-order valence-corrected chi connectivity index (χ3v) is 2.58. The number of hydrogen-bond donors (Lipinski definition) is 0. The van der Waals surface area contributed by atoms with Gasteiger partial charge in [-0.25, -0.2) is 0 Å². The lowest BCUT2D eigenvalue weighted by Gasteiger charge is -2.14. The number of benzene rings is 1. The Morgan fingerprint density at radius 3 is 1.94 bits per heavy atom. The Balaban J connectivity index is 2.51. The summed E-state index contributed by atoms with van der Waals surface area (Å²) in [5.41, 5.74) is 1.20. The maximum absolute atomic E-state index is 5.70. The predicted molar refractivity (Wildman–Crippen MR) is 74.9 cm³/mol. The molecule has 0 bridgehead atoms. The summed E-state index contributed by atoms with van der Waals surface area (Å²) in [7, 11) is 1.53. The van der Waals surface area contributed by atoms with Gasteiger partial charge in [-0.15, -0.1) is 0 Å². The normalized spacial score (nSPS) is 10.4. The van der Waals surface area contributed by atoms with Gasteiger partial charge in [-0.05, 0) is 30.5 Å². The fourth-order valence-electron chi connectivity index (χ4n) is 1.62. The molecule has 0 fully saturated rings. The van der Waals surface area contributed by atoms with Gasteiger partial charge in [0, 0.05) is 19.5 Å². The molecular weight excluding hydrogens is 227 g/mol. The first-order chi connectivity index (χ1) is 8.80. The van der Waals surface area contributed by atoms with E-state index in [-0.39, 0.29) is 7.12 Å². The zero-order valence-corrected chi connectivity index (χ0v) is 11.6. The van der Waals surface area contributed by atoms with Crippen LogP contribution < -0.4 is 4.74 Å². The van der Waals surface area contributed by atoms with Crippen LogP contribution in [0.2, 0.25) is 0 Å². The first-order valence-electron chi connectivity index (χ1n) is 6.66. The quantitative estimate of drug-likeness (QED) is 0.630. The van der Waals surface area contributed by atoms with Gasteiger partial charge >= 0.3 is 7.12 Å². The lowest BCUT2D eigenvalue weighted by Crippen LogP contribution is -2.27. The Kier molecular flexibility index (Phi) is 7.54. The van der Waals surface area contributed by atoms with Crippen molar-refractivity contribution in [1.82, 2.24) is 0 Å². The Labute approximate surface area is 111 Å². The van der Waals surface area contributed by atoms with Crippen molar-refractivity contribution in [2.45, 2.75) is 33.0 Å². The van der Waals surface area contributed by atoms with Crippen LogP contribution in [0.5, 0.6) is 5.75 Å². The van der Waals surface area contributed by atoms with Gasteiger partial charge in [-0.2, -0.15) is 0 Å². The molecule has 3 nitrogen and oxygen atoms in total. The van der Waals surface area contributed by atoms with E-state index >= 15 is 0 Å². The molecule has 0 atom stereocenters. The average molecular weight is 250 g/mol. The molecule has 1 aromatic rings. The standard InChI is InChI=1S/C14H23BO3/c1-4-10-17-15(18-11-5-2)12-13-6-8-14(16-3)9-7-13/h6-9H,4-5,10-12H2,1-3H3. The van der Waals surface area contributed by atoms with E-state index in [1.165, 1.54) is 5.56 Å². The smallest absolute Gasteiger partial charge is 0.461 e. The van der Waals surface area contributed by atoms with E-state index in [4.69, 9.17) is 14.0 Å². The van der Waals surface area contributed by atoms with Crippen LogP contribution in [0.25, 0.3) is 0 Å². The van der Waals surface area contributed by atoms with Crippen LogP contribution in [0.3, 0.4) is 0 Å². The fourth-order valence-corrected chi connectivity index (χ4v) is 1.62. The minimum atomic E-state index is -0.140. The molecule has 0 radical (unpaired) electrons. The van der Waals surface area contributed by atoms with E-state index in [2.05, 4.69) is 26.0 Å². The topological polar surface area (TPSA) is 27.7 Å². The third-order valence-electron chi connectivity index (χ3n) is 2.58. The Hall–Kier alpha value is -0.995. The van der Waals surface area contributed by atoms with Crippen LogP contribution in [-0.2, 0) is 15.6 Å². The van der Waals surface area contributed by atoms with Crippen molar-refractivity contribution in [3.05, 3.63) is 29.8 Å². The van der Waals surface area contributed by atoms with Crippen molar-refractivity contribution in [2.75, 3.05) is 20.3 Å². The first-order valence-corrected chi connectivity index (χ1v) is 6.66. The zero-order chi connectivity index (χ0) is 13.2. The minimum absolute atomic E-state index is 0.140. The molecule has 0 N–H and O–H groups in total. The van der Waals surface area contributed by atoms with Crippen LogP contribution in [0, 0.1) is 0 Å². The number of rotatable bonds is 9. The van der Waals surface area contributed by atoms with Crippen LogP contribution in [0.15, 0.2) is 24.3 Å². The lowest BCUT2D eigenvalue weighted by atomic mass is 9.80. The summed E-state index contributed by atoms with van der Waals surface area (Å²) in [5, 5.41) is 0. The van der Waals surface area contributed by atoms with Crippen LogP contribution >= 0.6 is 0 Å². The molecule has 1 aromatic carbocycles. The lowest BCUT2D eigenvalue weighted by molar-refractivity contribution is 0.196. The molecule has 100 valence electrons. The summed E-state index contributed by atoms with van der Waals surface area (Å²) < 4.78 is 16.5. The molecule has 0 aliphatic heterocycles. The summed E-state index contributed by atoms with van der Waals surface area (Å²) >= 11 is 0. The van der Waals surface area contributed by atoms with Gasteiger partial charge in [-0.1, -0.05) is 26.0 Å². The van der Waals surface area contributed by atoms with Gasteiger partial charge in [0.2, 0.25) is 0 Å². The maximum atomic E-state index is 5.70. The molecule has 0 unspecified atom stereocenters. The van der Waals surface area contributed by atoms with Crippen molar-refractivity contribution in [3.63, 3.8) is 0 Å². The summed E-state index contributed by atoms with van der Waals surface area (Å²) in [5.74, 6) is 0.874. The zero-order valence-electron chi connectivity index (χ0n) is 11.6. The molecule has 1 rings (SSSR count). The van der Waals surface area contributed by atoms with Crippen molar-refractivity contribution in [3.8, 4) is 5.75 Å². The second-order valence-electron chi connectivity index (χ2n) is 4.22. The molecule has 0 amide bonds. The molecule has 0 heterocycles. The van der Waals surface area contributed by atoms with E-state index < -0.39 is 0 Å². The molecule has 0 spiro atoms. The molecule has 18 heavy (non-hydrogen) atoms. The van der Waals surface area contributed by atoms with Gasteiger partial charge in [0.25, 0.3) is 0 Å². The Bertz CT molecular complexity index is 305. The molecule has 0 aliphatic rings. The van der Waals surface area contributed by atoms with Gasteiger partial charge in [0.15, 0.2) is 0 Å². The maximum Gasteiger partial charge on any atom is 0.461 e. The van der Waals surface area contributed by atoms with Crippen LogP contribution in [0.4, 0.5) is 0 Å². The minimum Gasteiger partial charge on any atom is -0.497 e. The SMILES string of the molecule is CCCOB(Cc1ccc(OC)cc1)OCCC. The van der Waals surface area contributed by atoms with E-state index in [1.54, 1.807) is 7.11 Å². The summed E-state index contributed by atoms with van der Waals surface area (Å²) in [6.07, 6.45) is 2.80. The third kappa shape index (κ3) is 5.56. The highest BCUT2D eigenvalue weighted by molar-refractivity contribution is 6.43. The molecular formula is C14H23BO3. The molecule has 0 aliphatic carbocycles. The average Bonchev–Trinajstić information content (AvgIpc) is 2.42. The molecule has 4 heteroatoms. The highest BCUT2D eigenvalue weighted by atomic mass is 16.6. The largest absolute Gasteiger partial charge is 0.497 e. The molecule has 0 saturated carbocycles. The second kappa shape index (κ2) is 9.00. The van der Waals surface area contributed by atoms with Gasteiger partial charge in [0.1, 0.15) is 5.75 Å². The monoisotopic (exact) mass is 250 g/mol. The van der Waals surface area contributed by atoms with E-state index in [1.807, 2.05) is 12.1 Å². The summed E-state index contributed by atoms with van der Waals surface area (Å²) in [6.45, 7) is 5.68. The van der Waals surface area contributed by atoms with E-state index in [0.29, 0.717) is 0 Å². The predicted octanol–water partition coefficient (Wildman–Crippen LogP) is 3.12. The fraction of sp³-hybridized carbons (Fsp3) is 0.571. The summed E-state index contributed by atoms with van der Waals surface area (Å²) in [6, 6.07) is 8.03. The van der Waals surface area contributed by atoms with Crippen molar-refractivity contribution >= 4 is 7.12 Å². The Morgan fingerprint density at radius 1 is 0.944 bits per heavy atom. The van der Waals surface area contributed by atoms with Crippen LogP contribution in [0.1, 0.15) is 32.3 Å². The van der Waals surface area contributed by atoms with E-state index in [0.717, 1.165) is 38.1 Å². The van der Waals surface area contributed by atoms with E-state index in [9.17, 15) is 0 Å². The van der Waals surface area contributed by atoms with Gasteiger partial charge < -0.3 is 14.0 Å². The highest BCUT2D eigenvalue weighted by Gasteiger charge is 2.18. The molecule has 0 saturated heterocycles. The first kappa shape index (κ1) is 15.1. The number of ether oxygens (including phenoxy) is 1. The Morgan fingerprint density at radius 2 is 1.50 bits per heavy atom. The van der Waals surface area contributed by atoms with Crippen molar-refractivity contribution in [2.24, 2.45) is 0 Å². The summed E-state index contributed by atoms with van der Waals surface area (Å²) in [4.78, 5) is 0. The number of hydrogen-bond acceptors (Lipinski definition) is 3. The number of methoxy groups -OCH3 is 1. The molecule has 0 aromatic heterocycles. The van der Waals surface area contributed by atoms with Gasteiger partial charge in [-0.3, -0.25) is 0 Å². The van der Waals surface area contributed by atoms with Gasteiger partial charge in [0.05, 0.1) is 7.11 Å². The van der Waals surface area contributed by atoms with Crippen molar-refractivity contribution < 1.29 is 14.0 Å².